The standard InChI is InChI=1S/C69H41N3S/c1-2-16-52(17-3-1)71-62-21-11-10-20-57(62)58-32-30-50(39-65(58)71)42-22-24-43(25-23-42)53-33-34-54(56-19-9-8-18-55(53)56)44-26-28-45(29-27-44)64-41-61-60-38-48-14-6-7-15-49(48)40-66(60)73-68(61)69-70-67-59-37-47-13-5-4-12-46(47)36-51(59)31-35-63(67)72(64)69/h1-41H. The Morgan fingerprint density at radius 1 is 0.315 bits per heavy atom. The number of rotatable bonds is 5. The van der Waals surface area contributed by atoms with Crippen LogP contribution in [0.4, 0.5) is 0 Å². The Hall–Kier alpha value is -9.35. The number of nitrogens with zero attached hydrogens (tertiary/aromatic N) is 3. The van der Waals surface area contributed by atoms with Gasteiger partial charge in [0.2, 0.25) is 0 Å². The van der Waals surface area contributed by atoms with Gasteiger partial charge in [0, 0.05) is 37.3 Å². The average Bonchev–Trinajstić information content (AvgIpc) is 4.13. The molecule has 0 saturated heterocycles. The zero-order valence-electron chi connectivity index (χ0n) is 39.4. The Balaban J connectivity index is 0.799. The Kier molecular flexibility index (Phi) is 8.62. The third-order valence-electron chi connectivity index (χ3n) is 15.5. The second kappa shape index (κ2) is 15.6. The van der Waals surface area contributed by atoms with Crippen LogP contribution in [-0.4, -0.2) is 14.0 Å². The summed E-state index contributed by atoms with van der Waals surface area (Å²) in [6.07, 6.45) is 0. The molecule has 16 rings (SSSR count). The van der Waals surface area contributed by atoms with Crippen molar-refractivity contribution in [3.8, 4) is 50.3 Å². The van der Waals surface area contributed by atoms with Gasteiger partial charge in [-0.1, -0.05) is 188 Å². The predicted octanol–water partition coefficient (Wildman–Crippen LogP) is 19.2. The van der Waals surface area contributed by atoms with Gasteiger partial charge in [-0.25, -0.2) is 4.98 Å². The first kappa shape index (κ1) is 40.4. The summed E-state index contributed by atoms with van der Waals surface area (Å²) in [6.45, 7) is 0. The number of benzene rings is 12. The maximum atomic E-state index is 5.59. The molecular formula is C69H41N3S. The summed E-state index contributed by atoms with van der Waals surface area (Å²) in [7, 11) is 0. The lowest BCUT2D eigenvalue weighted by Crippen LogP contribution is -1.93. The number of para-hydroxylation sites is 2. The molecule has 0 fully saturated rings. The van der Waals surface area contributed by atoms with Crippen molar-refractivity contribution < 1.29 is 0 Å². The van der Waals surface area contributed by atoms with Crippen LogP contribution in [0.1, 0.15) is 0 Å². The number of hydrogen-bond acceptors (Lipinski definition) is 2. The number of hydrogen-bond donors (Lipinski definition) is 0. The third kappa shape index (κ3) is 6.15. The molecule has 4 heteroatoms. The number of pyridine rings is 1. The molecule has 3 nitrogen and oxygen atoms in total. The van der Waals surface area contributed by atoms with E-state index in [2.05, 4.69) is 258 Å². The minimum absolute atomic E-state index is 1.00. The molecule has 0 aliphatic heterocycles. The van der Waals surface area contributed by atoms with Gasteiger partial charge < -0.3 is 4.57 Å². The molecule has 73 heavy (non-hydrogen) atoms. The quantitative estimate of drug-likeness (QED) is 0.158. The van der Waals surface area contributed by atoms with Gasteiger partial charge in [-0.15, -0.1) is 11.3 Å². The Morgan fingerprint density at radius 3 is 1.59 bits per heavy atom. The normalized spacial score (nSPS) is 12.1. The first-order valence-electron chi connectivity index (χ1n) is 25.0. The summed E-state index contributed by atoms with van der Waals surface area (Å²) >= 11 is 1.85. The highest BCUT2D eigenvalue weighted by atomic mass is 32.1. The predicted molar refractivity (Wildman–Crippen MR) is 312 cm³/mol. The van der Waals surface area contributed by atoms with Gasteiger partial charge in [-0.2, -0.15) is 0 Å². The van der Waals surface area contributed by atoms with Crippen molar-refractivity contribution in [2.24, 2.45) is 0 Å². The molecular weight excluding hydrogens is 903 g/mol. The summed E-state index contributed by atoms with van der Waals surface area (Å²) in [5, 5.41) is 14.9. The highest BCUT2D eigenvalue weighted by molar-refractivity contribution is 7.26. The largest absolute Gasteiger partial charge is 0.309 e. The number of aromatic nitrogens is 3. The van der Waals surface area contributed by atoms with Crippen LogP contribution in [0.15, 0.2) is 249 Å². The van der Waals surface area contributed by atoms with E-state index in [-0.39, 0.29) is 0 Å². The van der Waals surface area contributed by atoms with Gasteiger partial charge in [-0.05, 0) is 137 Å². The van der Waals surface area contributed by atoms with Crippen LogP contribution in [-0.2, 0) is 0 Å². The second-order valence-electron chi connectivity index (χ2n) is 19.5. The van der Waals surface area contributed by atoms with E-state index in [0.717, 1.165) is 27.9 Å². The fourth-order valence-corrected chi connectivity index (χ4v) is 13.1. The van der Waals surface area contributed by atoms with Gasteiger partial charge >= 0.3 is 0 Å². The van der Waals surface area contributed by atoms with Crippen LogP contribution in [0.3, 0.4) is 0 Å². The summed E-state index contributed by atoms with van der Waals surface area (Å²) in [5.41, 5.74) is 16.2. The van der Waals surface area contributed by atoms with Gasteiger partial charge in [-0.3, -0.25) is 4.40 Å². The van der Waals surface area contributed by atoms with E-state index in [1.807, 2.05) is 11.3 Å². The first-order valence-corrected chi connectivity index (χ1v) is 25.8. The average molecular weight is 944 g/mol. The molecule has 0 amide bonds. The fourth-order valence-electron chi connectivity index (χ4n) is 11.9. The van der Waals surface area contributed by atoms with Gasteiger partial charge in [0.1, 0.15) is 0 Å². The Labute approximate surface area is 423 Å². The van der Waals surface area contributed by atoms with E-state index in [1.54, 1.807) is 0 Å². The summed E-state index contributed by atoms with van der Waals surface area (Å²) in [4.78, 5) is 5.59. The van der Waals surface area contributed by atoms with E-state index >= 15 is 0 Å². The summed E-state index contributed by atoms with van der Waals surface area (Å²) < 4.78 is 7.29. The minimum atomic E-state index is 1.00. The highest BCUT2D eigenvalue weighted by Crippen LogP contribution is 2.44. The number of imidazole rings is 1. The Morgan fingerprint density at radius 2 is 0.877 bits per heavy atom. The molecule has 4 heterocycles. The molecule has 0 spiro atoms. The van der Waals surface area contributed by atoms with Crippen molar-refractivity contribution in [1.82, 2.24) is 14.0 Å². The topological polar surface area (TPSA) is 22.2 Å². The van der Waals surface area contributed by atoms with Crippen LogP contribution in [0.2, 0.25) is 0 Å². The maximum absolute atomic E-state index is 5.59. The van der Waals surface area contributed by atoms with E-state index in [0.29, 0.717) is 0 Å². The Bertz CT molecular complexity index is 4940. The van der Waals surface area contributed by atoms with Crippen LogP contribution in [0.25, 0.3) is 152 Å². The van der Waals surface area contributed by atoms with Crippen molar-refractivity contribution in [3.63, 3.8) is 0 Å². The third-order valence-corrected chi connectivity index (χ3v) is 16.6. The van der Waals surface area contributed by atoms with Crippen LogP contribution in [0, 0.1) is 0 Å². The van der Waals surface area contributed by atoms with Crippen molar-refractivity contribution in [1.29, 1.82) is 0 Å². The van der Waals surface area contributed by atoms with Crippen molar-refractivity contribution in [2.75, 3.05) is 0 Å². The smallest absolute Gasteiger partial charge is 0.156 e. The lowest BCUT2D eigenvalue weighted by molar-refractivity contribution is 1.18. The molecule has 0 atom stereocenters. The zero-order chi connectivity index (χ0) is 47.7. The molecule has 0 N–H and O–H groups in total. The molecule has 12 aromatic carbocycles. The molecule has 0 unspecified atom stereocenters. The lowest BCUT2D eigenvalue weighted by atomic mass is 9.91. The molecule has 0 bridgehead atoms. The van der Waals surface area contributed by atoms with E-state index < -0.39 is 0 Å². The maximum Gasteiger partial charge on any atom is 0.156 e. The van der Waals surface area contributed by atoms with Crippen LogP contribution >= 0.6 is 11.3 Å². The van der Waals surface area contributed by atoms with Crippen molar-refractivity contribution in [2.45, 2.75) is 0 Å². The molecule has 0 aliphatic rings. The first-order chi connectivity index (χ1) is 36.2. The SMILES string of the molecule is c1ccc(-n2c3ccccc3c3ccc(-c4ccc(-c5ccc(-c6ccc(-c7cc8c9cc%10ccccc%10cc9sc8c8nc9c%10cc%11ccccc%11cc%10ccc9n78)cc6)c6ccccc56)cc4)cc32)cc1. The molecule has 0 aliphatic carbocycles. The fraction of sp³-hybridized carbons (Fsp3) is 0. The zero-order valence-corrected chi connectivity index (χ0v) is 40.2. The molecule has 0 radical (unpaired) electrons. The molecule has 4 aromatic heterocycles. The minimum Gasteiger partial charge on any atom is -0.309 e. The number of fused-ring (bicyclic) bond motifs is 15. The highest BCUT2D eigenvalue weighted by Gasteiger charge is 2.21. The van der Waals surface area contributed by atoms with E-state index in [1.165, 1.54) is 124 Å². The summed E-state index contributed by atoms with van der Waals surface area (Å²) in [5.74, 6) is 0. The van der Waals surface area contributed by atoms with Crippen LogP contribution < -0.4 is 0 Å². The molecule has 338 valence electrons. The lowest BCUT2D eigenvalue weighted by Gasteiger charge is -2.14. The molecule has 16 aromatic rings. The van der Waals surface area contributed by atoms with Gasteiger partial charge in [0.25, 0.3) is 0 Å². The number of thiophene rings is 1. The second-order valence-corrected chi connectivity index (χ2v) is 20.5. The van der Waals surface area contributed by atoms with E-state index in [4.69, 9.17) is 4.98 Å². The summed E-state index contributed by atoms with van der Waals surface area (Å²) in [6, 6.07) is 91.7. The van der Waals surface area contributed by atoms with Crippen molar-refractivity contribution in [3.05, 3.63) is 249 Å². The molecule has 0 saturated carbocycles. The van der Waals surface area contributed by atoms with Gasteiger partial charge in [0.15, 0.2) is 5.65 Å². The van der Waals surface area contributed by atoms with Crippen LogP contribution in [0.5, 0.6) is 0 Å². The van der Waals surface area contributed by atoms with E-state index in [9.17, 15) is 0 Å². The van der Waals surface area contributed by atoms with Crippen molar-refractivity contribution >= 4 is 113 Å². The monoisotopic (exact) mass is 943 g/mol. The van der Waals surface area contributed by atoms with Gasteiger partial charge in [0.05, 0.1) is 32.5 Å².